The highest BCUT2D eigenvalue weighted by molar-refractivity contribution is 14.1. The summed E-state index contributed by atoms with van der Waals surface area (Å²) in [6.45, 7) is 0.0495. The molecule has 0 aliphatic rings. The van der Waals surface area contributed by atoms with E-state index in [-0.39, 0.29) is 20.8 Å². The lowest BCUT2D eigenvalue weighted by Gasteiger charge is -2.06. The number of halogens is 3. The van der Waals surface area contributed by atoms with Gasteiger partial charge in [-0.15, -0.1) is 0 Å². The molecule has 0 spiro atoms. The molecule has 0 bridgehead atoms. The quantitative estimate of drug-likeness (QED) is 0.338. The van der Waals surface area contributed by atoms with Crippen molar-refractivity contribution in [2.24, 2.45) is 0 Å². The van der Waals surface area contributed by atoms with Crippen molar-refractivity contribution in [2.45, 2.75) is 6.54 Å². The minimum absolute atomic E-state index is 0.0495. The molecule has 0 aliphatic heterocycles. The molecule has 0 saturated carbocycles. The Hall–Kier alpha value is -1.55. The molecular weight excluding hydrogens is 403 g/mol. The summed E-state index contributed by atoms with van der Waals surface area (Å²) in [7, 11) is 0. The first kappa shape index (κ1) is 14.9. The molecule has 6 nitrogen and oxygen atoms in total. The summed E-state index contributed by atoms with van der Waals surface area (Å²) in [5.41, 5.74) is -0.551. The molecule has 0 aliphatic carbocycles. The van der Waals surface area contributed by atoms with Crippen molar-refractivity contribution in [3.63, 3.8) is 0 Å². The van der Waals surface area contributed by atoms with Crippen LogP contribution in [0.5, 0.6) is 0 Å². The topological polar surface area (TPSA) is 78.0 Å². The van der Waals surface area contributed by atoms with Gasteiger partial charge in [-0.2, -0.15) is 4.39 Å². The van der Waals surface area contributed by atoms with Crippen LogP contribution in [-0.2, 0) is 6.54 Å². The van der Waals surface area contributed by atoms with Crippen LogP contribution in [-0.4, -0.2) is 14.5 Å². The summed E-state index contributed by atoms with van der Waals surface area (Å²) in [5, 5.41) is 10.6. The lowest BCUT2D eigenvalue weighted by atomic mass is 10.2. The zero-order valence-corrected chi connectivity index (χ0v) is 12.6. The van der Waals surface area contributed by atoms with Crippen LogP contribution in [0.4, 0.5) is 10.1 Å². The summed E-state index contributed by atoms with van der Waals surface area (Å²) in [4.78, 5) is 25.4. The molecule has 0 radical (unpaired) electrons. The third-order valence-electron chi connectivity index (χ3n) is 2.50. The van der Waals surface area contributed by atoms with Gasteiger partial charge >= 0.3 is 5.69 Å². The maximum atomic E-state index is 13.5. The van der Waals surface area contributed by atoms with Gasteiger partial charge in [0, 0.05) is 6.07 Å². The highest BCUT2D eigenvalue weighted by Crippen LogP contribution is 2.18. The van der Waals surface area contributed by atoms with E-state index >= 15 is 0 Å². The van der Waals surface area contributed by atoms with Gasteiger partial charge in [0.1, 0.15) is 8.72 Å². The molecule has 0 saturated heterocycles. The second kappa shape index (κ2) is 5.83. The summed E-state index contributed by atoms with van der Waals surface area (Å²) in [5.74, 6) is -0.947. The Labute approximate surface area is 130 Å². The fraction of sp³-hybridized carbons (Fsp3) is 0.0909. The predicted molar refractivity (Wildman–Crippen MR) is 78.4 cm³/mol. The van der Waals surface area contributed by atoms with Crippen molar-refractivity contribution in [1.82, 2.24) is 9.55 Å². The van der Waals surface area contributed by atoms with Crippen molar-refractivity contribution in [3.05, 3.63) is 65.1 Å². The lowest BCUT2D eigenvalue weighted by Crippen LogP contribution is -2.23. The zero-order valence-electron chi connectivity index (χ0n) is 9.72. The Morgan fingerprint density at radius 2 is 2.20 bits per heavy atom. The van der Waals surface area contributed by atoms with Crippen molar-refractivity contribution in [3.8, 4) is 0 Å². The summed E-state index contributed by atoms with van der Waals surface area (Å²) < 4.78 is 15.0. The third-order valence-corrected chi connectivity index (χ3v) is 4.08. The van der Waals surface area contributed by atoms with E-state index in [2.05, 4.69) is 4.98 Å². The molecule has 0 fully saturated rings. The van der Waals surface area contributed by atoms with E-state index in [1.165, 1.54) is 17.0 Å². The number of rotatable bonds is 3. The first-order valence-corrected chi connectivity index (χ1v) is 6.69. The van der Waals surface area contributed by atoms with Gasteiger partial charge in [0.15, 0.2) is 0 Å². The molecule has 0 N–H and O–H groups in total. The van der Waals surface area contributed by atoms with E-state index in [4.69, 9.17) is 11.6 Å². The molecule has 1 heterocycles. The minimum Gasteiger partial charge on any atom is -0.294 e. The van der Waals surface area contributed by atoms with Crippen LogP contribution in [0.15, 0.2) is 29.3 Å². The van der Waals surface area contributed by atoms with Gasteiger partial charge in [-0.25, -0.2) is 4.98 Å². The van der Waals surface area contributed by atoms with Crippen LogP contribution in [0.1, 0.15) is 5.56 Å². The second-order valence-electron chi connectivity index (χ2n) is 3.83. The Bertz CT molecular complexity index is 750. The maximum absolute atomic E-state index is 13.5. The van der Waals surface area contributed by atoms with Gasteiger partial charge in [-0.3, -0.25) is 19.5 Å². The zero-order chi connectivity index (χ0) is 14.9. The molecule has 2 aromatic rings. The average molecular weight is 410 g/mol. The molecule has 2 rings (SSSR count). The largest absolute Gasteiger partial charge is 0.304 e. The summed E-state index contributed by atoms with van der Waals surface area (Å²) in [6.07, 6.45) is 1.24. The molecule has 104 valence electrons. The second-order valence-corrected chi connectivity index (χ2v) is 5.26. The normalized spacial score (nSPS) is 10.6. The smallest absolute Gasteiger partial charge is 0.294 e. The average Bonchev–Trinajstić information content (AvgIpc) is 2.39. The highest BCUT2D eigenvalue weighted by Gasteiger charge is 2.14. The molecule has 0 atom stereocenters. The number of hydrogen-bond donors (Lipinski definition) is 0. The van der Waals surface area contributed by atoms with Crippen molar-refractivity contribution < 1.29 is 9.31 Å². The molecule has 0 unspecified atom stereocenters. The number of hydrogen-bond acceptors (Lipinski definition) is 4. The van der Waals surface area contributed by atoms with E-state index in [1.807, 2.05) is 0 Å². The van der Waals surface area contributed by atoms with E-state index in [0.717, 1.165) is 12.1 Å². The first-order chi connectivity index (χ1) is 9.40. The van der Waals surface area contributed by atoms with Gasteiger partial charge in [-0.1, -0.05) is 17.7 Å². The van der Waals surface area contributed by atoms with Gasteiger partial charge < -0.3 is 0 Å². The lowest BCUT2D eigenvalue weighted by molar-refractivity contribution is -0.387. The molecular formula is C11H6ClFIN3O3. The SMILES string of the molecule is O=c1c(I)c(Cl)ncn1Cc1ccc([N+](=O)[O-])c(F)c1. The molecule has 1 aromatic carbocycles. The van der Waals surface area contributed by atoms with Crippen LogP contribution in [0.2, 0.25) is 5.15 Å². The van der Waals surface area contributed by atoms with E-state index < -0.39 is 16.4 Å². The molecule has 1 aromatic heterocycles. The Morgan fingerprint density at radius 3 is 2.80 bits per heavy atom. The van der Waals surface area contributed by atoms with Gasteiger partial charge in [0.25, 0.3) is 5.56 Å². The van der Waals surface area contributed by atoms with Gasteiger partial charge in [0.2, 0.25) is 5.82 Å². The highest BCUT2D eigenvalue weighted by atomic mass is 127. The number of nitrogens with zero attached hydrogens (tertiary/aromatic N) is 3. The van der Waals surface area contributed by atoms with E-state index in [9.17, 15) is 19.3 Å². The summed E-state index contributed by atoms with van der Waals surface area (Å²) in [6, 6.07) is 3.46. The van der Waals surface area contributed by atoms with Crippen molar-refractivity contribution in [2.75, 3.05) is 0 Å². The maximum Gasteiger partial charge on any atom is 0.304 e. The molecule has 0 amide bonds. The Morgan fingerprint density at radius 1 is 1.50 bits per heavy atom. The van der Waals surface area contributed by atoms with Gasteiger partial charge in [0.05, 0.1) is 17.8 Å². The molecule has 20 heavy (non-hydrogen) atoms. The first-order valence-electron chi connectivity index (χ1n) is 5.23. The fourth-order valence-electron chi connectivity index (χ4n) is 1.55. The number of nitro benzene ring substituents is 1. The van der Waals surface area contributed by atoms with Crippen molar-refractivity contribution >= 4 is 39.9 Å². The third kappa shape index (κ3) is 2.96. The van der Waals surface area contributed by atoms with E-state index in [1.54, 1.807) is 22.6 Å². The number of benzene rings is 1. The number of nitro groups is 1. The molecule has 9 heteroatoms. The summed E-state index contributed by atoms with van der Waals surface area (Å²) >= 11 is 7.47. The standard InChI is InChI=1S/C11H6ClFIN3O3/c12-10-9(14)11(18)16(5-15-10)4-6-1-2-8(17(19)20)7(13)3-6/h1-3,5H,4H2. The fourth-order valence-corrected chi connectivity index (χ4v) is 2.12. The van der Waals surface area contributed by atoms with Crippen molar-refractivity contribution in [1.29, 1.82) is 0 Å². The van der Waals surface area contributed by atoms with Crippen LogP contribution in [0, 0.1) is 19.5 Å². The van der Waals surface area contributed by atoms with Gasteiger partial charge in [-0.05, 0) is 34.2 Å². The monoisotopic (exact) mass is 409 g/mol. The van der Waals surface area contributed by atoms with Crippen LogP contribution < -0.4 is 5.56 Å². The minimum atomic E-state index is -0.947. The number of aromatic nitrogens is 2. The van der Waals surface area contributed by atoms with Crippen LogP contribution >= 0.6 is 34.2 Å². The van der Waals surface area contributed by atoms with Crippen LogP contribution in [0.25, 0.3) is 0 Å². The Balaban J connectivity index is 2.36. The van der Waals surface area contributed by atoms with Crippen LogP contribution in [0.3, 0.4) is 0 Å². The predicted octanol–water partition coefficient (Wildman–Crippen LogP) is 2.60. The Kier molecular flexibility index (Phi) is 4.33. The van der Waals surface area contributed by atoms with E-state index in [0.29, 0.717) is 5.56 Å².